The Labute approximate surface area is 119 Å². The summed E-state index contributed by atoms with van der Waals surface area (Å²) in [6.07, 6.45) is 0.288. The number of fused-ring (bicyclic) bond motifs is 1. The maximum absolute atomic E-state index is 12.5. The van der Waals surface area contributed by atoms with Crippen LogP contribution in [0.5, 0.6) is 0 Å². The van der Waals surface area contributed by atoms with Gasteiger partial charge in [-0.05, 0) is 12.5 Å². The zero-order chi connectivity index (χ0) is 14.3. The van der Waals surface area contributed by atoms with Crippen molar-refractivity contribution < 1.29 is 14.7 Å². The molecular weight excluding hydrogens is 276 g/mol. The molecule has 104 valence electrons. The Morgan fingerprint density at radius 3 is 2.80 bits per heavy atom. The van der Waals surface area contributed by atoms with Gasteiger partial charge in [-0.1, -0.05) is 18.2 Å². The summed E-state index contributed by atoms with van der Waals surface area (Å²) in [6.45, 7) is 0.442. The first-order chi connectivity index (χ1) is 9.51. The molecule has 0 radical (unpaired) electrons. The largest absolute Gasteiger partial charge is 0.480 e. The van der Waals surface area contributed by atoms with Gasteiger partial charge in [-0.25, -0.2) is 0 Å². The highest BCUT2D eigenvalue weighted by atomic mass is 32.1. The van der Waals surface area contributed by atoms with Gasteiger partial charge in [0.2, 0.25) is 0 Å². The Bertz CT molecular complexity index is 697. The molecule has 3 rings (SSSR count). The van der Waals surface area contributed by atoms with Gasteiger partial charge < -0.3 is 15.7 Å². The highest BCUT2D eigenvalue weighted by molar-refractivity contribution is 7.17. The lowest BCUT2D eigenvalue weighted by atomic mass is 10.0. The molecule has 3 N–H and O–H groups in total. The number of nitrogens with zero attached hydrogens (tertiary/aromatic N) is 1. The van der Waals surface area contributed by atoms with Crippen molar-refractivity contribution in [1.29, 1.82) is 0 Å². The third-order valence-corrected chi connectivity index (χ3v) is 4.69. The molecule has 1 unspecified atom stereocenters. The number of carbonyl (C=O) groups is 2. The van der Waals surface area contributed by atoms with Crippen LogP contribution in [0.25, 0.3) is 10.1 Å². The van der Waals surface area contributed by atoms with Crippen LogP contribution in [0.15, 0.2) is 29.6 Å². The second-order valence-corrected chi connectivity index (χ2v) is 5.99. The zero-order valence-electron chi connectivity index (χ0n) is 10.7. The van der Waals surface area contributed by atoms with Crippen molar-refractivity contribution in [3.63, 3.8) is 0 Å². The van der Waals surface area contributed by atoms with Gasteiger partial charge in [0.25, 0.3) is 5.91 Å². The molecule has 20 heavy (non-hydrogen) atoms. The summed E-state index contributed by atoms with van der Waals surface area (Å²) in [5.74, 6) is -1.20. The number of nitrogens with two attached hydrogens (primary N) is 1. The number of carboxylic acids is 1. The number of thiophene rings is 1. The second-order valence-electron chi connectivity index (χ2n) is 5.08. The molecule has 1 fully saturated rings. The highest BCUT2D eigenvalue weighted by Gasteiger charge is 2.43. The van der Waals surface area contributed by atoms with Crippen LogP contribution < -0.4 is 5.73 Å². The van der Waals surface area contributed by atoms with Crippen LogP contribution in [0.1, 0.15) is 16.8 Å². The van der Waals surface area contributed by atoms with E-state index in [1.807, 2.05) is 29.6 Å². The Kier molecular flexibility index (Phi) is 2.99. The van der Waals surface area contributed by atoms with Crippen molar-refractivity contribution in [1.82, 2.24) is 4.90 Å². The lowest BCUT2D eigenvalue weighted by molar-refractivity contribution is -0.142. The first kappa shape index (κ1) is 13.1. The van der Waals surface area contributed by atoms with Crippen LogP contribution >= 0.6 is 11.3 Å². The average molecular weight is 290 g/mol. The van der Waals surface area contributed by atoms with E-state index in [2.05, 4.69) is 0 Å². The summed E-state index contributed by atoms with van der Waals surface area (Å²) >= 11 is 1.51. The third kappa shape index (κ3) is 1.97. The van der Waals surface area contributed by atoms with E-state index in [0.29, 0.717) is 12.1 Å². The van der Waals surface area contributed by atoms with E-state index in [4.69, 9.17) is 10.8 Å². The molecule has 1 atom stereocenters. The Hall–Kier alpha value is -1.92. The number of carbonyl (C=O) groups excluding carboxylic acids is 1. The SMILES string of the molecule is NC1(C(=O)O)CCN(C(=O)c2csc3ccccc23)C1. The fraction of sp³-hybridized carbons (Fsp3) is 0.286. The van der Waals surface area contributed by atoms with Gasteiger partial charge in [-0.3, -0.25) is 9.59 Å². The summed E-state index contributed by atoms with van der Waals surface area (Å²) in [4.78, 5) is 25.2. The van der Waals surface area contributed by atoms with Crippen LogP contribution in [-0.2, 0) is 4.79 Å². The minimum absolute atomic E-state index is 0.0609. The molecule has 0 bridgehead atoms. The Balaban J connectivity index is 1.89. The van der Waals surface area contributed by atoms with Crippen LogP contribution in [-0.4, -0.2) is 40.5 Å². The number of likely N-dealkylation sites (tertiary alicyclic amines) is 1. The van der Waals surface area contributed by atoms with Crippen LogP contribution in [0, 0.1) is 0 Å². The topological polar surface area (TPSA) is 83.6 Å². The molecule has 1 aliphatic heterocycles. The van der Waals surface area contributed by atoms with Gasteiger partial charge >= 0.3 is 5.97 Å². The molecular formula is C14H14N2O3S. The molecule has 1 amide bonds. The number of rotatable bonds is 2. The molecule has 1 saturated heterocycles. The molecule has 0 saturated carbocycles. The number of benzene rings is 1. The molecule has 2 heterocycles. The van der Waals surface area contributed by atoms with E-state index < -0.39 is 11.5 Å². The van der Waals surface area contributed by atoms with Gasteiger partial charge in [0.1, 0.15) is 5.54 Å². The maximum Gasteiger partial charge on any atom is 0.325 e. The molecule has 1 aromatic heterocycles. The zero-order valence-corrected chi connectivity index (χ0v) is 11.5. The summed E-state index contributed by atoms with van der Waals surface area (Å²) in [7, 11) is 0. The van der Waals surface area contributed by atoms with Crippen molar-refractivity contribution in [3.05, 3.63) is 35.2 Å². The summed E-state index contributed by atoms with van der Waals surface area (Å²) < 4.78 is 1.05. The monoisotopic (exact) mass is 290 g/mol. The van der Waals surface area contributed by atoms with Gasteiger partial charge in [0.15, 0.2) is 0 Å². The Morgan fingerprint density at radius 1 is 1.35 bits per heavy atom. The number of hydrogen-bond acceptors (Lipinski definition) is 4. The maximum atomic E-state index is 12.5. The summed E-state index contributed by atoms with van der Waals surface area (Å²) in [5, 5.41) is 11.8. The summed E-state index contributed by atoms with van der Waals surface area (Å²) in [6, 6.07) is 7.69. The smallest absolute Gasteiger partial charge is 0.325 e. The first-order valence-corrected chi connectivity index (χ1v) is 7.17. The normalized spacial score (nSPS) is 22.4. The van der Waals surface area contributed by atoms with E-state index >= 15 is 0 Å². The standard InChI is InChI=1S/C14H14N2O3S/c15-14(13(18)19)5-6-16(8-14)12(17)10-7-20-11-4-2-1-3-9(10)11/h1-4,7H,5-6,8,15H2,(H,18,19). The van der Waals surface area contributed by atoms with Crippen molar-refractivity contribution in [2.45, 2.75) is 12.0 Å². The second kappa shape index (κ2) is 4.57. The van der Waals surface area contributed by atoms with E-state index in [1.54, 1.807) is 0 Å². The van der Waals surface area contributed by atoms with Gasteiger partial charge in [-0.15, -0.1) is 11.3 Å². The van der Waals surface area contributed by atoms with Crippen LogP contribution in [0.4, 0.5) is 0 Å². The molecule has 6 heteroatoms. The van der Waals surface area contributed by atoms with E-state index in [-0.39, 0.29) is 18.9 Å². The molecule has 1 aromatic carbocycles. The molecule has 0 spiro atoms. The molecule has 1 aliphatic rings. The van der Waals surface area contributed by atoms with Crippen molar-refractivity contribution >= 4 is 33.3 Å². The third-order valence-electron chi connectivity index (χ3n) is 3.73. The van der Waals surface area contributed by atoms with Gasteiger partial charge in [0, 0.05) is 28.6 Å². The van der Waals surface area contributed by atoms with Gasteiger partial charge in [0.05, 0.1) is 5.56 Å². The minimum Gasteiger partial charge on any atom is -0.480 e. The van der Waals surface area contributed by atoms with E-state index in [1.165, 1.54) is 16.2 Å². The number of amides is 1. The predicted octanol–water partition coefficient (Wildman–Crippen LogP) is 1.53. The number of aliphatic carboxylic acids is 1. The van der Waals surface area contributed by atoms with E-state index in [9.17, 15) is 9.59 Å². The number of carboxylic acid groups (broad SMARTS) is 1. The molecule has 2 aromatic rings. The average Bonchev–Trinajstić information content (AvgIpc) is 3.03. The van der Waals surface area contributed by atoms with Gasteiger partial charge in [-0.2, -0.15) is 0 Å². The Morgan fingerprint density at radius 2 is 2.10 bits per heavy atom. The van der Waals surface area contributed by atoms with Crippen molar-refractivity contribution in [2.75, 3.05) is 13.1 Å². The van der Waals surface area contributed by atoms with Crippen molar-refractivity contribution in [3.8, 4) is 0 Å². The first-order valence-electron chi connectivity index (χ1n) is 6.29. The van der Waals surface area contributed by atoms with Crippen LogP contribution in [0.2, 0.25) is 0 Å². The molecule has 0 aliphatic carbocycles. The lowest BCUT2D eigenvalue weighted by Crippen LogP contribution is -2.50. The van der Waals surface area contributed by atoms with Crippen molar-refractivity contribution in [2.24, 2.45) is 5.73 Å². The number of hydrogen-bond donors (Lipinski definition) is 2. The fourth-order valence-electron chi connectivity index (χ4n) is 2.49. The van der Waals surface area contributed by atoms with Crippen LogP contribution in [0.3, 0.4) is 0 Å². The molecule has 5 nitrogen and oxygen atoms in total. The lowest BCUT2D eigenvalue weighted by Gasteiger charge is -2.20. The summed E-state index contributed by atoms with van der Waals surface area (Å²) in [5.41, 5.74) is 5.11. The predicted molar refractivity (Wildman–Crippen MR) is 76.9 cm³/mol. The quantitative estimate of drug-likeness (QED) is 0.878. The fourth-order valence-corrected chi connectivity index (χ4v) is 3.43. The highest BCUT2D eigenvalue weighted by Crippen LogP contribution is 2.29. The minimum atomic E-state index is -1.32. The van der Waals surface area contributed by atoms with E-state index in [0.717, 1.165) is 10.1 Å².